The monoisotopic (exact) mass is 247 g/mol. The molecule has 2 rings (SSSR count). The fourth-order valence-corrected chi connectivity index (χ4v) is 1.98. The largest absolute Gasteiger partial charge is 0.487 e. The number of hydrogen-bond acceptors (Lipinski definition) is 4. The Bertz CT molecular complexity index is 494. The number of carbonyl (C=O) groups is 1. The summed E-state index contributed by atoms with van der Waals surface area (Å²) < 4.78 is 5.65. The summed E-state index contributed by atoms with van der Waals surface area (Å²) in [5.41, 5.74) is 2.42. The van der Waals surface area contributed by atoms with Crippen molar-refractivity contribution in [1.29, 1.82) is 0 Å². The molecule has 0 unspecified atom stereocenters. The van der Waals surface area contributed by atoms with Crippen LogP contribution in [0.25, 0.3) is 0 Å². The van der Waals surface area contributed by atoms with Crippen molar-refractivity contribution < 1.29 is 9.53 Å². The Hall–Kier alpha value is -1.68. The van der Waals surface area contributed by atoms with Gasteiger partial charge in [0.05, 0.1) is 16.0 Å². The molecule has 0 aliphatic carbocycles. The zero-order valence-electron chi connectivity index (χ0n) is 9.55. The van der Waals surface area contributed by atoms with Gasteiger partial charge < -0.3 is 4.74 Å². The Kier molecular flexibility index (Phi) is 3.88. The number of ether oxygens (including phenoxy) is 1. The van der Waals surface area contributed by atoms with Crippen LogP contribution in [0.4, 0.5) is 0 Å². The van der Waals surface area contributed by atoms with Crippen LogP contribution in [0.15, 0.2) is 36.0 Å². The van der Waals surface area contributed by atoms with Crippen LogP contribution in [0.2, 0.25) is 0 Å². The quantitative estimate of drug-likeness (QED) is 0.761. The molecule has 1 aromatic carbocycles. The minimum absolute atomic E-state index is 0.102. The van der Waals surface area contributed by atoms with Gasteiger partial charge in [0.15, 0.2) is 5.78 Å². The number of rotatable bonds is 5. The number of para-hydroxylation sites is 1. The molecule has 17 heavy (non-hydrogen) atoms. The molecule has 0 aliphatic heterocycles. The number of hydrogen-bond donors (Lipinski definition) is 0. The molecular weight excluding hydrogens is 234 g/mol. The van der Waals surface area contributed by atoms with Crippen LogP contribution in [0.1, 0.15) is 28.6 Å². The van der Waals surface area contributed by atoms with E-state index in [9.17, 15) is 4.79 Å². The van der Waals surface area contributed by atoms with E-state index in [1.807, 2.05) is 25.1 Å². The van der Waals surface area contributed by atoms with Crippen molar-refractivity contribution in [2.45, 2.75) is 20.0 Å². The number of benzene rings is 1. The van der Waals surface area contributed by atoms with E-state index in [1.165, 1.54) is 0 Å². The van der Waals surface area contributed by atoms with E-state index in [-0.39, 0.29) is 5.78 Å². The van der Waals surface area contributed by atoms with Gasteiger partial charge in [-0.05, 0) is 12.1 Å². The number of nitrogens with zero attached hydrogens (tertiary/aromatic N) is 1. The highest BCUT2D eigenvalue weighted by atomic mass is 32.1. The summed E-state index contributed by atoms with van der Waals surface area (Å²) in [5, 5.41) is 0. The average molecular weight is 247 g/mol. The van der Waals surface area contributed by atoms with E-state index in [2.05, 4.69) is 4.98 Å². The van der Waals surface area contributed by atoms with Crippen molar-refractivity contribution in [3.05, 3.63) is 46.4 Å². The molecule has 0 bridgehead atoms. The summed E-state index contributed by atoms with van der Waals surface area (Å²) in [4.78, 5) is 16.7. The lowest BCUT2D eigenvalue weighted by molar-refractivity contribution is 0.0984. The van der Waals surface area contributed by atoms with Crippen LogP contribution in [0.5, 0.6) is 5.75 Å². The first-order valence-corrected chi connectivity index (χ1v) is 6.31. The highest BCUT2D eigenvalue weighted by molar-refractivity contribution is 7.09. The third-order valence-electron chi connectivity index (χ3n) is 2.36. The first-order chi connectivity index (χ1) is 8.31. The average Bonchev–Trinajstić information content (AvgIpc) is 2.89. The molecule has 1 heterocycles. The Balaban J connectivity index is 2.12. The van der Waals surface area contributed by atoms with Gasteiger partial charge in [-0.3, -0.25) is 9.78 Å². The number of ketones is 1. The molecule has 0 N–H and O–H groups in total. The second-order valence-electron chi connectivity index (χ2n) is 3.53. The number of Topliss-reactive ketones (excluding diaryl/α,β-unsaturated/α-hetero) is 1. The Morgan fingerprint density at radius 1 is 1.41 bits per heavy atom. The summed E-state index contributed by atoms with van der Waals surface area (Å²) in [6.07, 6.45) is 2.26. The molecule has 0 fully saturated rings. The lowest BCUT2D eigenvalue weighted by Gasteiger charge is -2.08. The van der Waals surface area contributed by atoms with Gasteiger partial charge in [0, 0.05) is 12.6 Å². The fourth-order valence-electron chi connectivity index (χ4n) is 1.48. The smallest absolute Gasteiger partial charge is 0.166 e. The van der Waals surface area contributed by atoms with Crippen molar-refractivity contribution in [2.24, 2.45) is 0 Å². The molecule has 0 saturated heterocycles. The van der Waals surface area contributed by atoms with Crippen molar-refractivity contribution in [2.75, 3.05) is 0 Å². The van der Waals surface area contributed by atoms with Crippen molar-refractivity contribution in [3.63, 3.8) is 0 Å². The van der Waals surface area contributed by atoms with Crippen LogP contribution in [-0.2, 0) is 6.61 Å². The van der Waals surface area contributed by atoms with Crippen LogP contribution in [0, 0.1) is 0 Å². The predicted octanol–water partition coefficient (Wildman–Crippen LogP) is 3.31. The van der Waals surface area contributed by atoms with Gasteiger partial charge in [-0.2, -0.15) is 0 Å². The molecule has 2 aromatic rings. The SMILES string of the molecule is CCC(=O)c1ccccc1OCc1cncs1. The minimum Gasteiger partial charge on any atom is -0.487 e. The lowest BCUT2D eigenvalue weighted by Crippen LogP contribution is -2.02. The summed E-state index contributed by atoms with van der Waals surface area (Å²) >= 11 is 1.54. The van der Waals surface area contributed by atoms with Crippen molar-refractivity contribution in [3.8, 4) is 5.75 Å². The zero-order valence-corrected chi connectivity index (χ0v) is 10.4. The molecule has 3 nitrogen and oxygen atoms in total. The van der Waals surface area contributed by atoms with E-state index in [1.54, 1.807) is 29.1 Å². The second-order valence-corrected chi connectivity index (χ2v) is 4.50. The first kappa shape index (κ1) is 11.8. The van der Waals surface area contributed by atoms with Crippen LogP contribution in [0.3, 0.4) is 0 Å². The van der Waals surface area contributed by atoms with Gasteiger partial charge in [0.25, 0.3) is 0 Å². The van der Waals surface area contributed by atoms with Gasteiger partial charge in [-0.1, -0.05) is 19.1 Å². The van der Waals surface area contributed by atoms with E-state index in [4.69, 9.17) is 4.74 Å². The van der Waals surface area contributed by atoms with Crippen LogP contribution >= 0.6 is 11.3 Å². The molecule has 0 saturated carbocycles. The van der Waals surface area contributed by atoms with E-state index in [0.29, 0.717) is 24.3 Å². The molecular formula is C13H13NO2S. The van der Waals surface area contributed by atoms with E-state index in [0.717, 1.165) is 4.88 Å². The van der Waals surface area contributed by atoms with Crippen molar-refractivity contribution >= 4 is 17.1 Å². The van der Waals surface area contributed by atoms with E-state index >= 15 is 0 Å². The number of aromatic nitrogens is 1. The molecule has 0 spiro atoms. The molecule has 0 atom stereocenters. The maximum absolute atomic E-state index is 11.7. The number of carbonyl (C=O) groups excluding carboxylic acids is 1. The van der Waals surface area contributed by atoms with Gasteiger partial charge >= 0.3 is 0 Å². The predicted molar refractivity (Wildman–Crippen MR) is 67.5 cm³/mol. The highest BCUT2D eigenvalue weighted by Crippen LogP contribution is 2.21. The standard InChI is InChI=1S/C13H13NO2S/c1-2-12(15)11-5-3-4-6-13(11)16-8-10-7-14-9-17-10/h3-7,9H,2,8H2,1H3. The molecule has 1 aromatic heterocycles. The lowest BCUT2D eigenvalue weighted by atomic mass is 10.1. The molecule has 4 heteroatoms. The van der Waals surface area contributed by atoms with Crippen LogP contribution in [-0.4, -0.2) is 10.8 Å². The molecule has 88 valence electrons. The van der Waals surface area contributed by atoms with Gasteiger partial charge in [-0.25, -0.2) is 0 Å². The summed E-state index contributed by atoms with van der Waals surface area (Å²) in [7, 11) is 0. The molecule has 0 aliphatic rings. The highest BCUT2D eigenvalue weighted by Gasteiger charge is 2.10. The normalized spacial score (nSPS) is 10.2. The molecule has 0 radical (unpaired) electrons. The summed E-state index contributed by atoms with van der Waals surface area (Å²) in [6, 6.07) is 7.34. The Labute approximate surface area is 104 Å². The summed E-state index contributed by atoms with van der Waals surface area (Å²) in [5.74, 6) is 0.748. The first-order valence-electron chi connectivity index (χ1n) is 5.43. The Morgan fingerprint density at radius 3 is 2.94 bits per heavy atom. The van der Waals surface area contributed by atoms with Gasteiger partial charge in [-0.15, -0.1) is 11.3 Å². The zero-order chi connectivity index (χ0) is 12.1. The van der Waals surface area contributed by atoms with Crippen molar-refractivity contribution in [1.82, 2.24) is 4.98 Å². The maximum atomic E-state index is 11.7. The maximum Gasteiger partial charge on any atom is 0.166 e. The topological polar surface area (TPSA) is 39.2 Å². The van der Waals surface area contributed by atoms with Crippen LogP contribution < -0.4 is 4.74 Å². The second kappa shape index (κ2) is 5.59. The Morgan fingerprint density at radius 2 is 2.24 bits per heavy atom. The minimum atomic E-state index is 0.102. The van der Waals surface area contributed by atoms with E-state index < -0.39 is 0 Å². The van der Waals surface area contributed by atoms with Gasteiger partial charge in [0.1, 0.15) is 12.4 Å². The molecule has 0 amide bonds. The van der Waals surface area contributed by atoms with Gasteiger partial charge in [0.2, 0.25) is 0 Å². The number of thiazole rings is 1. The fraction of sp³-hybridized carbons (Fsp3) is 0.231. The third-order valence-corrected chi connectivity index (χ3v) is 3.12. The third kappa shape index (κ3) is 2.91. The summed E-state index contributed by atoms with van der Waals surface area (Å²) in [6.45, 7) is 2.31.